The van der Waals surface area contributed by atoms with Gasteiger partial charge >= 0.3 is 12.1 Å². The van der Waals surface area contributed by atoms with Crippen molar-refractivity contribution in [2.24, 2.45) is 0 Å². The molecule has 3 aromatic carbocycles. The second-order valence-corrected chi connectivity index (χ2v) is 8.90. The fourth-order valence-electron chi connectivity index (χ4n) is 4.04. The third kappa shape index (κ3) is 6.86. The van der Waals surface area contributed by atoms with Crippen LogP contribution in [0.5, 0.6) is 0 Å². The molecule has 0 aliphatic heterocycles. The fraction of sp³-hybridized carbons (Fsp3) is 0.233. The van der Waals surface area contributed by atoms with E-state index in [2.05, 4.69) is 15.8 Å². The smallest absolute Gasteiger partial charge is 0.412 e. The van der Waals surface area contributed by atoms with Gasteiger partial charge in [-0.05, 0) is 37.0 Å². The number of hydrogen-bond donors (Lipinski definition) is 2. The number of esters is 1. The number of nitrogens with one attached hydrogen (secondary N) is 2. The molecule has 0 saturated heterocycles. The molecule has 196 valence electrons. The van der Waals surface area contributed by atoms with E-state index in [1.54, 1.807) is 6.92 Å². The van der Waals surface area contributed by atoms with E-state index in [1.165, 1.54) is 7.11 Å². The average molecular weight is 514 g/mol. The largest absolute Gasteiger partial charge is 0.468 e. The Hall–Kier alpha value is -4.43. The molecule has 0 aliphatic rings. The number of carbonyl (C=O) groups excluding carboxylic acids is 2. The monoisotopic (exact) mass is 513 g/mol. The van der Waals surface area contributed by atoms with Crippen LogP contribution in [0.3, 0.4) is 0 Å². The molecule has 1 aromatic heterocycles. The lowest BCUT2D eigenvalue weighted by Gasteiger charge is -2.17. The summed E-state index contributed by atoms with van der Waals surface area (Å²) in [5.74, 6) is 0.120. The average Bonchev–Trinajstić information content (AvgIpc) is 3.31. The Labute approximate surface area is 222 Å². The van der Waals surface area contributed by atoms with Crippen molar-refractivity contribution in [3.05, 3.63) is 107 Å². The van der Waals surface area contributed by atoms with Gasteiger partial charge in [-0.25, -0.2) is 4.79 Å². The molecule has 1 heterocycles. The molecule has 8 heteroatoms. The van der Waals surface area contributed by atoms with Gasteiger partial charge in [-0.3, -0.25) is 10.1 Å². The van der Waals surface area contributed by atoms with Gasteiger partial charge in [-0.15, -0.1) is 0 Å². The normalized spacial score (nSPS) is 12.4. The molecule has 1 amide bonds. The minimum absolute atomic E-state index is 0.313. The second-order valence-electron chi connectivity index (χ2n) is 8.90. The van der Waals surface area contributed by atoms with Gasteiger partial charge < -0.3 is 19.3 Å². The molecule has 0 saturated carbocycles. The van der Waals surface area contributed by atoms with Crippen molar-refractivity contribution in [2.75, 3.05) is 12.4 Å². The van der Waals surface area contributed by atoms with Crippen LogP contribution in [0.4, 0.5) is 10.5 Å². The van der Waals surface area contributed by atoms with Crippen molar-refractivity contribution < 1.29 is 23.6 Å². The van der Waals surface area contributed by atoms with Crippen LogP contribution in [0.25, 0.3) is 11.3 Å². The number of amides is 1. The summed E-state index contributed by atoms with van der Waals surface area (Å²) in [6, 6.07) is 26.4. The molecule has 0 fully saturated rings. The van der Waals surface area contributed by atoms with Crippen LogP contribution >= 0.6 is 0 Å². The Kier molecular flexibility index (Phi) is 8.89. The summed E-state index contributed by atoms with van der Waals surface area (Å²) < 4.78 is 16.0. The number of hydrogen-bond acceptors (Lipinski definition) is 7. The maximum atomic E-state index is 12.6. The zero-order valence-corrected chi connectivity index (χ0v) is 21.6. The van der Waals surface area contributed by atoms with Crippen LogP contribution in [0, 0.1) is 6.92 Å². The predicted octanol–water partition coefficient (Wildman–Crippen LogP) is 5.83. The molecule has 2 N–H and O–H groups in total. The first-order valence-electron chi connectivity index (χ1n) is 12.4. The van der Waals surface area contributed by atoms with Crippen molar-refractivity contribution in [1.29, 1.82) is 0 Å². The van der Waals surface area contributed by atoms with E-state index >= 15 is 0 Å². The van der Waals surface area contributed by atoms with Crippen molar-refractivity contribution in [3.8, 4) is 11.3 Å². The highest BCUT2D eigenvalue weighted by Gasteiger charge is 2.21. The number of ether oxygens (including phenoxy) is 2. The molecule has 4 rings (SSSR count). The van der Waals surface area contributed by atoms with Crippen molar-refractivity contribution in [3.63, 3.8) is 0 Å². The summed E-state index contributed by atoms with van der Waals surface area (Å²) in [5.41, 5.74) is 4.65. The number of nitrogens with zero attached hydrogens (tertiary/aromatic N) is 1. The van der Waals surface area contributed by atoms with Crippen LogP contribution in [-0.2, 0) is 27.2 Å². The summed E-state index contributed by atoms with van der Waals surface area (Å²) in [6.07, 6.45) is -0.485. The maximum Gasteiger partial charge on any atom is 0.412 e. The quantitative estimate of drug-likeness (QED) is 0.257. The van der Waals surface area contributed by atoms with E-state index in [-0.39, 0.29) is 5.97 Å². The minimum atomic E-state index is -0.595. The van der Waals surface area contributed by atoms with Crippen molar-refractivity contribution in [1.82, 2.24) is 10.5 Å². The summed E-state index contributed by atoms with van der Waals surface area (Å²) in [5, 5.41) is 10.1. The maximum absolute atomic E-state index is 12.6. The summed E-state index contributed by atoms with van der Waals surface area (Å²) in [4.78, 5) is 24.9. The second kappa shape index (κ2) is 12.7. The number of aryl methyl sites for hydroxylation is 1. The molecule has 0 bridgehead atoms. The number of carbonyl (C=O) groups is 2. The van der Waals surface area contributed by atoms with Gasteiger partial charge in [0.15, 0.2) is 5.76 Å². The summed E-state index contributed by atoms with van der Waals surface area (Å²) >= 11 is 0. The SMILES string of the molecule is COC(=O)[C@@H](Cc1ccccc1)NCc1ccc(-c2onc(C)c2NC(=O)O[C@H](C)c2ccccc2)cc1. The van der Waals surface area contributed by atoms with Crippen LogP contribution in [0.2, 0.25) is 0 Å². The lowest BCUT2D eigenvalue weighted by Crippen LogP contribution is -2.39. The van der Waals surface area contributed by atoms with E-state index in [0.29, 0.717) is 30.1 Å². The van der Waals surface area contributed by atoms with Crippen molar-refractivity contribution >= 4 is 17.7 Å². The van der Waals surface area contributed by atoms with E-state index < -0.39 is 18.2 Å². The highest BCUT2D eigenvalue weighted by Crippen LogP contribution is 2.31. The Morgan fingerprint density at radius 1 is 0.921 bits per heavy atom. The van der Waals surface area contributed by atoms with Crippen LogP contribution < -0.4 is 10.6 Å². The standard InChI is InChI=1S/C30H31N3O5/c1-20-27(32-30(35)37-21(2)24-12-8-5-9-13-24)28(38-33-20)25-16-14-23(15-17-25)19-31-26(29(34)36-3)18-22-10-6-4-7-11-22/h4-17,21,26,31H,18-19H2,1-3H3,(H,32,35)/t21-,26-/m1/s1. The molecular formula is C30H31N3O5. The topological polar surface area (TPSA) is 103 Å². The van der Waals surface area contributed by atoms with E-state index in [0.717, 1.165) is 22.3 Å². The molecule has 2 atom stereocenters. The molecule has 4 aromatic rings. The highest BCUT2D eigenvalue weighted by molar-refractivity contribution is 5.90. The third-order valence-electron chi connectivity index (χ3n) is 6.18. The lowest BCUT2D eigenvalue weighted by atomic mass is 10.0. The first-order chi connectivity index (χ1) is 18.4. The fourth-order valence-corrected chi connectivity index (χ4v) is 4.04. The number of methoxy groups -OCH3 is 1. The van der Waals surface area contributed by atoms with Crippen LogP contribution in [0.1, 0.15) is 35.4 Å². The zero-order chi connectivity index (χ0) is 26.9. The Bertz CT molecular complexity index is 1340. The number of aromatic nitrogens is 1. The van der Waals surface area contributed by atoms with Crippen molar-refractivity contribution in [2.45, 2.75) is 39.0 Å². The Morgan fingerprint density at radius 3 is 2.24 bits per heavy atom. The van der Waals surface area contributed by atoms with Gasteiger partial charge in [0.05, 0.1) is 7.11 Å². The molecule has 0 unspecified atom stereocenters. The Balaban J connectivity index is 1.40. The van der Waals surface area contributed by atoms with Gasteiger partial charge in [-0.1, -0.05) is 90.1 Å². The minimum Gasteiger partial charge on any atom is -0.468 e. The number of rotatable bonds is 10. The van der Waals surface area contributed by atoms with Gasteiger partial charge in [0.1, 0.15) is 23.5 Å². The first kappa shape index (κ1) is 26.6. The number of anilines is 1. The Morgan fingerprint density at radius 2 is 1.58 bits per heavy atom. The first-order valence-corrected chi connectivity index (χ1v) is 12.4. The third-order valence-corrected chi connectivity index (χ3v) is 6.18. The molecule has 0 spiro atoms. The van der Waals surface area contributed by atoms with E-state index in [9.17, 15) is 9.59 Å². The molecule has 38 heavy (non-hydrogen) atoms. The molecule has 0 radical (unpaired) electrons. The molecule has 0 aliphatic carbocycles. The van der Waals surface area contributed by atoms with Crippen LogP contribution in [-0.4, -0.2) is 30.4 Å². The van der Waals surface area contributed by atoms with E-state index in [1.807, 2.05) is 91.9 Å². The van der Waals surface area contributed by atoms with Gasteiger partial charge in [0.25, 0.3) is 0 Å². The lowest BCUT2D eigenvalue weighted by molar-refractivity contribution is -0.143. The molecule has 8 nitrogen and oxygen atoms in total. The van der Waals surface area contributed by atoms with Gasteiger partial charge in [-0.2, -0.15) is 0 Å². The number of benzene rings is 3. The van der Waals surface area contributed by atoms with E-state index in [4.69, 9.17) is 14.0 Å². The molecular weight excluding hydrogens is 482 g/mol. The predicted molar refractivity (Wildman–Crippen MR) is 144 cm³/mol. The van der Waals surface area contributed by atoms with Crippen LogP contribution in [0.15, 0.2) is 89.5 Å². The zero-order valence-electron chi connectivity index (χ0n) is 21.6. The highest BCUT2D eigenvalue weighted by atomic mass is 16.6. The van der Waals surface area contributed by atoms with Gasteiger partial charge in [0.2, 0.25) is 0 Å². The summed E-state index contributed by atoms with van der Waals surface area (Å²) in [6.45, 7) is 4.03. The van der Waals surface area contributed by atoms with Gasteiger partial charge in [0, 0.05) is 12.1 Å². The summed E-state index contributed by atoms with van der Waals surface area (Å²) in [7, 11) is 1.39.